The molecule has 82 valence electrons. The van der Waals surface area contributed by atoms with Crippen molar-refractivity contribution in [1.29, 1.82) is 0 Å². The van der Waals surface area contributed by atoms with Crippen molar-refractivity contribution in [2.75, 3.05) is 24.6 Å². The maximum absolute atomic E-state index is 5.95. The summed E-state index contributed by atoms with van der Waals surface area (Å²) in [5.41, 5.74) is 5.95. The van der Waals surface area contributed by atoms with Gasteiger partial charge in [-0.1, -0.05) is 13.8 Å². The third kappa shape index (κ3) is 3.40. The van der Waals surface area contributed by atoms with Gasteiger partial charge in [-0.3, -0.25) is 4.99 Å². The molecule has 1 aliphatic rings. The van der Waals surface area contributed by atoms with E-state index in [-0.39, 0.29) is 0 Å². The molecule has 0 aromatic carbocycles. The Morgan fingerprint density at radius 1 is 1.64 bits per heavy atom. The van der Waals surface area contributed by atoms with Gasteiger partial charge >= 0.3 is 0 Å². The molecule has 1 heterocycles. The van der Waals surface area contributed by atoms with Crippen molar-refractivity contribution >= 4 is 17.7 Å². The molecule has 0 amide bonds. The predicted molar refractivity (Wildman–Crippen MR) is 64.8 cm³/mol. The second kappa shape index (κ2) is 5.49. The standard InChI is InChI=1S/C10H21N3S/c1-8(2)6-12-10(11)13-4-5-14-7-9(13)3/h8-9H,4-7H2,1-3H3,(H2,11,12). The fourth-order valence-corrected chi connectivity index (χ4v) is 2.45. The Morgan fingerprint density at radius 2 is 2.36 bits per heavy atom. The Labute approximate surface area is 91.1 Å². The number of rotatable bonds is 2. The molecule has 3 nitrogen and oxygen atoms in total. The van der Waals surface area contributed by atoms with Crippen LogP contribution in [0.2, 0.25) is 0 Å². The molecular formula is C10H21N3S. The Balaban J connectivity index is 2.48. The molecule has 1 rings (SSSR count). The molecule has 1 atom stereocenters. The molecule has 14 heavy (non-hydrogen) atoms. The second-order valence-corrected chi connectivity index (χ2v) is 5.36. The van der Waals surface area contributed by atoms with E-state index >= 15 is 0 Å². The van der Waals surface area contributed by atoms with Gasteiger partial charge in [0.2, 0.25) is 0 Å². The molecule has 4 heteroatoms. The summed E-state index contributed by atoms with van der Waals surface area (Å²) in [7, 11) is 0. The molecular weight excluding hydrogens is 194 g/mol. The second-order valence-electron chi connectivity index (χ2n) is 4.21. The zero-order valence-corrected chi connectivity index (χ0v) is 10.2. The van der Waals surface area contributed by atoms with Crippen LogP contribution in [0.3, 0.4) is 0 Å². The van der Waals surface area contributed by atoms with Crippen LogP contribution in [0.4, 0.5) is 0 Å². The number of nitrogens with zero attached hydrogens (tertiary/aromatic N) is 2. The highest BCUT2D eigenvalue weighted by atomic mass is 32.2. The van der Waals surface area contributed by atoms with Crippen LogP contribution >= 0.6 is 11.8 Å². The van der Waals surface area contributed by atoms with E-state index < -0.39 is 0 Å². The van der Waals surface area contributed by atoms with Crippen molar-refractivity contribution in [2.24, 2.45) is 16.6 Å². The molecule has 0 aliphatic carbocycles. The maximum Gasteiger partial charge on any atom is 0.191 e. The third-order valence-corrected chi connectivity index (χ3v) is 3.47. The van der Waals surface area contributed by atoms with E-state index in [2.05, 4.69) is 30.7 Å². The minimum absolute atomic E-state index is 0.532. The van der Waals surface area contributed by atoms with E-state index in [1.54, 1.807) is 0 Å². The normalized spacial score (nSPS) is 24.4. The highest BCUT2D eigenvalue weighted by Gasteiger charge is 2.19. The van der Waals surface area contributed by atoms with Gasteiger partial charge in [0.25, 0.3) is 0 Å². The summed E-state index contributed by atoms with van der Waals surface area (Å²) in [6, 6.07) is 0.532. The van der Waals surface area contributed by atoms with Gasteiger partial charge in [-0.2, -0.15) is 11.8 Å². The third-order valence-electron chi connectivity index (χ3n) is 2.28. The molecule has 0 radical (unpaired) electrons. The topological polar surface area (TPSA) is 41.6 Å². The highest BCUT2D eigenvalue weighted by molar-refractivity contribution is 7.99. The van der Waals surface area contributed by atoms with Crippen LogP contribution in [0.25, 0.3) is 0 Å². The zero-order chi connectivity index (χ0) is 10.6. The molecule has 2 N–H and O–H groups in total. The number of nitrogens with two attached hydrogens (primary N) is 1. The number of aliphatic imine (C=N–C) groups is 1. The number of hydrogen-bond acceptors (Lipinski definition) is 2. The first kappa shape index (κ1) is 11.7. The van der Waals surface area contributed by atoms with Crippen LogP contribution in [0.15, 0.2) is 4.99 Å². The van der Waals surface area contributed by atoms with Crippen LogP contribution in [0.1, 0.15) is 20.8 Å². The Bertz CT molecular complexity index is 204. The first-order valence-corrected chi connectivity index (χ1v) is 6.41. The van der Waals surface area contributed by atoms with Gasteiger partial charge in [0.1, 0.15) is 0 Å². The lowest BCUT2D eigenvalue weighted by Gasteiger charge is -2.33. The van der Waals surface area contributed by atoms with Crippen molar-refractivity contribution in [3.8, 4) is 0 Å². The van der Waals surface area contributed by atoms with E-state index in [1.165, 1.54) is 5.75 Å². The summed E-state index contributed by atoms with van der Waals surface area (Å²) >= 11 is 2.00. The van der Waals surface area contributed by atoms with Crippen molar-refractivity contribution < 1.29 is 0 Å². The lowest BCUT2D eigenvalue weighted by molar-refractivity contribution is 0.359. The summed E-state index contributed by atoms with van der Waals surface area (Å²) in [6.07, 6.45) is 0. The van der Waals surface area contributed by atoms with Gasteiger partial charge in [-0.25, -0.2) is 0 Å². The largest absolute Gasteiger partial charge is 0.370 e. The lowest BCUT2D eigenvalue weighted by Crippen LogP contribution is -2.48. The van der Waals surface area contributed by atoms with Gasteiger partial charge in [0.05, 0.1) is 0 Å². The van der Waals surface area contributed by atoms with Crippen molar-refractivity contribution in [1.82, 2.24) is 4.90 Å². The maximum atomic E-state index is 5.95. The average Bonchev–Trinajstić information content (AvgIpc) is 2.15. The zero-order valence-electron chi connectivity index (χ0n) is 9.36. The molecule has 1 saturated heterocycles. The number of hydrogen-bond donors (Lipinski definition) is 1. The highest BCUT2D eigenvalue weighted by Crippen LogP contribution is 2.15. The summed E-state index contributed by atoms with van der Waals surface area (Å²) < 4.78 is 0. The van der Waals surface area contributed by atoms with Crippen LogP contribution in [0, 0.1) is 5.92 Å². The first-order chi connectivity index (χ1) is 6.61. The molecule has 0 saturated carbocycles. The van der Waals surface area contributed by atoms with Gasteiger partial charge in [-0.15, -0.1) is 0 Å². The fraction of sp³-hybridized carbons (Fsp3) is 0.900. The van der Waals surface area contributed by atoms with Gasteiger partial charge in [-0.05, 0) is 12.8 Å². The van der Waals surface area contributed by atoms with Crippen LogP contribution < -0.4 is 5.73 Å². The van der Waals surface area contributed by atoms with Gasteiger partial charge in [0, 0.05) is 30.6 Å². The molecule has 0 bridgehead atoms. The Kier molecular flexibility index (Phi) is 4.58. The average molecular weight is 215 g/mol. The molecule has 0 aromatic heterocycles. The first-order valence-electron chi connectivity index (χ1n) is 5.25. The van der Waals surface area contributed by atoms with Crippen molar-refractivity contribution in [3.05, 3.63) is 0 Å². The molecule has 1 fully saturated rings. The summed E-state index contributed by atoms with van der Waals surface area (Å²) in [5.74, 6) is 3.65. The number of guanidine groups is 1. The monoisotopic (exact) mass is 215 g/mol. The fourth-order valence-electron chi connectivity index (χ4n) is 1.43. The van der Waals surface area contributed by atoms with E-state index in [1.807, 2.05) is 11.8 Å². The summed E-state index contributed by atoms with van der Waals surface area (Å²) in [4.78, 5) is 6.63. The minimum Gasteiger partial charge on any atom is -0.370 e. The van der Waals surface area contributed by atoms with Crippen LogP contribution in [-0.2, 0) is 0 Å². The Morgan fingerprint density at radius 3 is 2.93 bits per heavy atom. The van der Waals surface area contributed by atoms with E-state index in [0.717, 1.165) is 24.8 Å². The van der Waals surface area contributed by atoms with Gasteiger partial charge in [0.15, 0.2) is 5.96 Å². The minimum atomic E-state index is 0.532. The Hall–Kier alpha value is -0.380. The van der Waals surface area contributed by atoms with Crippen LogP contribution in [0.5, 0.6) is 0 Å². The SMILES string of the molecule is CC(C)CN=C(N)N1CCSCC1C. The van der Waals surface area contributed by atoms with E-state index in [0.29, 0.717) is 12.0 Å². The quantitative estimate of drug-likeness (QED) is 0.559. The number of thioether (sulfide) groups is 1. The predicted octanol–water partition coefficient (Wildman–Crippen LogP) is 1.39. The van der Waals surface area contributed by atoms with Crippen molar-refractivity contribution in [3.63, 3.8) is 0 Å². The smallest absolute Gasteiger partial charge is 0.191 e. The van der Waals surface area contributed by atoms with Crippen LogP contribution in [-0.4, -0.2) is 41.5 Å². The molecule has 1 unspecified atom stereocenters. The summed E-state index contributed by atoms with van der Waals surface area (Å²) in [6.45, 7) is 8.41. The summed E-state index contributed by atoms with van der Waals surface area (Å²) in [5, 5.41) is 0. The molecule has 1 aliphatic heterocycles. The lowest BCUT2D eigenvalue weighted by atomic mass is 10.2. The molecule has 0 aromatic rings. The van der Waals surface area contributed by atoms with E-state index in [4.69, 9.17) is 5.73 Å². The molecule has 0 spiro atoms. The van der Waals surface area contributed by atoms with Crippen molar-refractivity contribution in [2.45, 2.75) is 26.8 Å². The van der Waals surface area contributed by atoms with E-state index in [9.17, 15) is 0 Å². The van der Waals surface area contributed by atoms with Gasteiger partial charge < -0.3 is 10.6 Å².